The molecular formula is C15H15FN2O4. The average molecular weight is 306 g/mol. The Morgan fingerprint density at radius 1 is 1.50 bits per heavy atom. The van der Waals surface area contributed by atoms with Crippen LogP contribution >= 0.6 is 0 Å². The molecule has 0 atom stereocenters. The highest BCUT2D eigenvalue weighted by Gasteiger charge is 2.29. The lowest BCUT2D eigenvalue weighted by Crippen LogP contribution is -2.19. The van der Waals surface area contributed by atoms with Crippen molar-refractivity contribution < 1.29 is 19.0 Å². The second-order valence-corrected chi connectivity index (χ2v) is 5.23. The van der Waals surface area contributed by atoms with Crippen molar-refractivity contribution in [3.8, 4) is 5.75 Å². The van der Waals surface area contributed by atoms with E-state index in [-0.39, 0.29) is 28.4 Å². The zero-order valence-corrected chi connectivity index (χ0v) is 12.1. The second kappa shape index (κ2) is 5.01. The van der Waals surface area contributed by atoms with Crippen molar-refractivity contribution in [3.63, 3.8) is 0 Å². The number of nitrogens with one attached hydrogen (secondary N) is 1. The SMILES string of the molecule is CNc1c(F)cc2c(=O)c(C(=O)O)cn(C3CC3)c2c1OC. The Balaban J connectivity index is 2.51. The van der Waals surface area contributed by atoms with Crippen molar-refractivity contribution >= 4 is 22.6 Å². The number of ether oxygens (including phenoxy) is 1. The maximum atomic E-state index is 14.2. The van der Waals surface area contributed by atoms with Gasteiger partial charge >= 0.3 is 5.97 Å². The van der Waals surface area contributed by atoms with Crippen LogP contribution < -0.4 is 15.5 Å². The maximum Gasteiger partial charge on any atom is 0.341 e. The lowest BCUT2D eigenvalue weighted by Gasteiger charge is -2.17. The number of carboxylic acid groups (broad SMARTS) is 1. The van der Waals surface area contributed by atoms with E-state index in [1.54, 1.807) is 11.6 Å². The van der Waals surface area contributed by atoms with Crippen LogP contribution in [-0.2, 0) is 0 Å². The third-order valence-electron chi connectivity index (χ3n) is 3.85. The first-order chi connectivity index (χ1) is 10.5. The number of halogens is 1. The summed E-state index contributed by atoms with van der Waals surface area (Å²) in [4.78, 5) is 23.6. The fourth-order valence-corrected chi connectivity index (χ4v) is 2.68. The number of pyridine rings is 1. The van der Waals surface area contributed by atoms with Crippen molar-refractivity contribution in [2.24, 2.45) is 0 Å². The largest absolute Gasteiger partial charge is 0.492 e. The van der Waals surface area contributed by atoms with Gasteiger partial charge < -0.3 is 19.7 Å². The molecule has 116 valence electrons. The standard InChI is InChI=1S/C15H15FN2O4/c1-17-11-10(16)5-8-12(14(11)22-2)18(7-3-4-7)6-9(13(8)19)15(20)21/h5-7,17H,3-4H2,1-2H3,(H,20,21). The number of rotatable bonds is 4. The highest BCUT2D eigenvalue weighted by molar-refractivity contribution is 5.96. The number of carboxylic acids is 1. The first-order valence-electron chi connectivity index (χ1n) is 6.86. The molecule has 1 saturated carbocycles. The number of fused-ring (bicyclic) bond motifs is 1. The van der Waals surface area contributed by atoms with Gasteiger partial charge in [-0.1, -0.05) is 0 Å². The fraction of sp³-hybridized carbons (Fsp3) is 0.333. The number of nitrogens with zero attached hydrogens (tertiary/aromatic N) is 1. The first kappa shape index (κ1) is 14.4. The predicted molar refractivity (Wildman–Crippen MR) is 79.5 cm³/mol. The molecule has 1 fully saturated rings. The third-order valence-corrected chi connectivity index (χ3v) is 3.85. The van der Waals surface area contributed by atoms with Gasteiger partial charge in [0.05, 0.1) is 18.0 Å². The lowest BCUT2D eigenvalue weighted by molar-refractivity contribution is 0.0695. The van der Waals surface area contributed by atoms with Crippen LogP contribution in [0.15, 0.2) is 17.1 Å². The molecular weight excluding hydrogens is 291 g/mol. The number of hydrogen-bond acceptors (Lipinski definition) is 4. The Morgan fingerprint density at radius 2 is 2.18 bits per heavy atom. The molecule has 2 N–H and O–H groups in total. The molecule has 7 heteroatoms. The van der Waals surface area contributed by atoms with E-state index in [4.69, 9.17) is 4.74 Å². The van der Waals surface area contributed by atoms with Gasteiger partial charge in [-0.25, -0.2) is 9.18 Å². The Morgan fingerprint density at radius 3 is 2.68 bits per heavy atom. The van der Waals surface area contributed by atoms with Crippen LogP contribution in [0.4, 0.5) is 10.1 Å². The highest BCUT2D eigenvalue weighted by atomic mass is 19.1. The summed E-state index contributed by atoms with van der Waals surface area (Å²) in [5.74, 6) is -1.77. The van der Waals surface area contributed by atoms with Crippen molar-refractivity contribution in [2.75, 3.05) is 19.5 Å². The number of hydrogen-bond donors (Lipinski definition) is 2. The number of methoxy groups -OCH3 is 1. The lowest BCUT2D eigenvalue weighted by atomic mass is 10.1. The topological polar surface area (TPSA) is 80.6 Å². The van der Waals surface area contributed by atoms with Gasteiger partial charge in [0.1, 0.15) is 11.3 Å². The predicted octanol–water partition coefficient (Wildman–Crippen LogP) is 2.22. The maximum absolute atomic E-state index is 14.2. The summed E-state index contributed by atoms with van der Waals surface area (Å²) in [6.45, 7) is 0. The normalized spacial score (nSPS) is 14.1. The quantitative estimate of drug-likeness (QED) is 0.905. The summed E-state index contributed by atoms with van der Waals surface area (Å²) in [6, 6.07) is 1.17. The molecule has 3 rings (SSSR count). The Kier molecular flexibility index (Phi) is 3.27. The smallest absolute Gasteiger partial charge is 0.341 e. The molecule has 2 aromatic rings. The minimum atomic E-state index is -1.32. The van der Waals surface area contributed by atoms with E-state index in [0.717, 1.165) is 18.9 Å². The van der Waals surface area contributed by atoms with Gasteiger partial charge in [0.15, 0.2) is 11.6 Å². The summed E-state index contributed by atoms with van der Waals surface area (Å²) in [5, 5.41) is 11.9. The van der Waals surface area contributed by atoms with E-state index in [2.05, 4.69) is 5.32 Å². The molecule has 1 aromatic heterocycles. The number of carbonyl (C=O) groups is 1. The van der Waals surface area contributed by atoms with E-state index in [1.165, 1.54) is 13.3 Å². The van der Waals surface area contributed by atoms with Crippen LogP contribution in [-0.4, -0.2) is 29.8 Å². The van der Waals surface area contributed by atoms with E-state index in [1.807, 2.05) is 0 Å². The number of anilines is 1. The number of aromatic nitrogens is 1. The molecule has 0 saturated heterocycles. The van der Waals surface area contributed by atoms with Gasteiger partial charge in [-0.05, 0) is 18.9 Å². The van der Waals surface area contributed by atoms with Gasteiger partial charge in [0, 0.05) is 19.3 Å². The summed E-state index contributed by atoms with van der Waals surface area (Å²) < 4.78 is 21.2. The first-order valence-corrected chi connectivity index (χ1v) is 6.86. The molecule has 1 heterocycles. The van der Waals surface area contributed by atoms with Gasteiger partial charge in [0.2, 0.25) is 5.43 Å². The van der Waals surface area contributed by atoms with Crippen LogP contribution in [0.1, 0.15) is 29.2 Å². The molecule has 0 amide bonds. The van der Waals surface area contributed by atoms with E-state index >= 15 is 0 Å². The molecule has 0 spiro atoms. The minimum Gasteiger partial charge on any atom is -0.492 e. The Hall–Kier alpha value is -2.57. The molecule has 1 aliphatic rings. The van der Waals surface area contributed by atoms with E-state index in [0.29, 0.717) is 5.52 Å². The summed E-state index contributed by atoms with van der Waals surface area (Å²) in [6.07, 6.45) is 3.09. The fourth-order valence-electron chi connectivity index (χ4n) is 2.68. The zero-order chi connectivity index (χ0) is 16.0. The Labute approximate surface area is 125 Å². The van der Waals surface area contributed by atoms with Crippen LogP contribution in [0.5, 0.6) is 5.75 Å². The molecule has 6 nitrogen and oxygen atoms in total. The van der Waals surface area contributed by atoms with Crippen LogP contribution in [0.25, 0.3) is 10.9 Å². The molecule has 1 aromatic carbocycles. The van der Waals surface area contributed by atoms with Gasteiger partial charge in [-0.15, -0.1) is 0 Å². The minimum absolute atomic E-state index is 0.0140. The second-order valence-electron chi connectivity index (χ2n) is 5.23. The van der Waals surface area contributed by atoms with Gasteiger partial charge in [0.25, 0.3) is 0 Å². The van der Waals surface area contributed by atoms with Crippen LogP contribution in [0.3, 0.4) is 0 Å². The molecule has 0 radical (unpaired) electrons. The van der Waals surface area contributed by atoms with Crippen molar-refractivity contribution in [2.45, 2.75) is 18.9 Å². The average Bonchev–Trinajstić information content (AvgIpc) is 3.31. The van der Waals surface area contributed by atoms with E-state index < -0.39 is 17.2 Å². The van der Waals surface area contributed by atoms with Crippen LogP contribution in [0, 0.1) is 5.82 Å². The molecule has 0 unspecified atom stereocenters. The monoisotopic (exact) mass is 306 g/mol. The third kappa shape index (κ3) is 2.01. The van der Waals surface area contributed by atoms with Crippen molar-refractivity contribution in [3.05, 3.63) is 33.9 Å². The summed E-state index contributed by atoms with van der Waals surface area (Å²) in [7, 11) is 2.94. The molecule has 22 heavy (non-hydrogen) atoms. The van der Waals surface area contributed by atoms with Gasteiger partial charge in [-0.3, -0.25) is 4.79 Å². The van der Waals surface area contributed by atoms with Crippen LogP contribution in [0.2, 0.25) is 0 Å². The highest BCUT2D eigenvalue weighted by Crippen LogP contribution is 2.42. The van der Waals surface area contributed by atoms with Gasteiger partial charge in [-0.2, -0.15) is 0 Å². The summed E-state index contributed by atoms with van der Waals surface area (Å²) in [5.41, 5.74) is -0.505. The van der Waals surface area contributed by atoms with E-state index in [9.17, 15) is 19.1 Å². The van der Waals surface area contributed by atoms with Crippen molar-refractivity contribution in [1.82, 2.24) is 4.57 Å². The Bertz CT molecular complexity index is 840. The number of aromatic carboxylic acids is 1. The molecule has 0 bridgehead atoms. The zero-order valence-electron chi connectivity index (χ0n) is 12.1. The van der Waals surface area contributed by atoms with Crippen molar-refractivity contribution in [1.29, 1.82) is 0 Å². The molecule has 1 aliphatic carbocycles. The molecule has 0 aliphatic heterocycles. The number of benzene rings is 1. The summed E-state index contributed by atoms with van der Waals surface area (Å²) >= 11 is 0.